The first-order valence-electron chi connectivity index (χ1n) is 15.3. The van der Waals surface area contributed by atoms with Crippen molar-refractivity contribution < 1.29 is 0 Å². The maximum absolute atomic E-state index is 2.39. The lowest BCUT2D eigenvalue weighted by Crippen LogP contribution is -2.10. The van der Waals surface area contributed by atoms with Gasteiger partial charge >= 0.3 is 0 Å². The number of anilines is 3. The van der Waals surface area contributed by atoms with Crippen LogP contribution in [-0.2, 0) is 0 Å². The van der Waals surface area contributed by atoms with Gasteiger partial charge in [-0.25, -0.2) is 0 Å². The Kier molecular flexibility index (Phi) is 6.03. The molecule has 0 N–H and O–H groups in total. The van der Waals surface area contributed by atoms with E-state index in [0.717, 1.165) is 17.1 Å². The molecule has 0 fully saturated rings. The Labute approximate surface area is 265 Å². The molecule has 0 spiro atoms. The standard InChI is InChI=1S/C42H28N2S/c1-3-12-29(13-4-1)30-22-27-39-37(28-30)34-16-7-9-19-38(34)44(39)33-25-23-32(24-26-33)43(31-14-5-2-6-15-31)40-20-11-18-36-35-17-8-10-21-41(35)45-42(36)40/h1-28H. The topological polar surface area (TPSA) is 8.17 Å². The number of thiophene rings is 1. The fourth-order valence-electron chi connectivity index (χ4n) is 6.72. The van der Waals surface area contributed by atoms with Crippen molar-refractivity contribution in [2.45, 2.75) is 0 Å². The van der Waals surface area contributed by atoms with Crippen molar-refractivity contribution in [3.05, 3.63) is 170 Å². The predicted molar refractivity (Wildman–Crippen MR) is 194 cm³/mol. The van der Waals surface area contributed by atoms with E-state index >= 15 is 0 Å². The van der Waals surface area contributed by atoms with Gasteiger partial charge in [-0.05, 0) is 77.9 Å². The van der Waals surface area contributed by atoms with Gasteiger partial charge in [0, 0.05) is 43.3 Å². The highest BCUT2D eigenvalue weighted by molar-refractivity contribution is 7.26. The molecule has 9 aromatic rings. The zero-order valence-electron chi connectivity index (χ0n) is 24.5. The van der Waals surface area contributed by atoms with Crippen LogP contribution >= 0.6 is 11.3 Å². The molecule has 0 atom stereocenters. The highest BCUT2D eigenvalue weighted by Crippen LogP contribution is 2.45. The van der Waals surface area contributed by atoms with Crippen LogP contribution in [0, 0.1) is 0 Å². The average Bonchev–Trinajstić information content (AvgIpc) is 3.66. The second-order valence-electron chi connectivity index (χ2n) is 11.4. The molecule has 0 aliphatic carbocycles. The van der Waals surface area contributed by atoms with Crippen molar-refractivity contribution >= 4 is 70.4 Å². The first-order chi connectivity index (χ1) is 22.3. The number of benzene rings is 7. The summed E-state index contributed by atoms with van der Waals surface area (Å²) in [4.78, 5) is 2.39. The monoisotopic (exact) mass is 592 g/mol. The summed E-state index contributed by atoms with van der Waals surface area (Å²) in [5.41, 5.74) is 9.48. The van der Waals surface area contributed by atoms with Crippen LogP contribution in [0.1, 0.15) is 0 Å². The molecular formula is C42H28N2S. The second kappa shape index (κ2) is 10.5. The molecule has 2 heterocycles. The van der Waals surface area contributed by atoms with Crippen LogP contribution < -0.4 is 4.90 Å². The average molecular weight is 593 g/mol. The van der Waals surface area contributed by atoms with Gasteiger partial charge in [0.2, 0.25) is 0 Å². The van der Waals surface area contributed by atoms with Crippen LogP contribution in [0.4, 0.5) is 17.1 Å². The van der Waals surface area contributed by atoms with E-state index < -0.39 is 0 Å². The number of fused-ring (bicyclic) bond motifs is 6. The minimum Gasteiger partial charge on any atom is -0.309 e. The van der Waals surface area contributed by atoms with E-state index in [1.807, 2.05) is 11.3 Å². The minimum absolute atomic E-state index is 1.13. The number of para-hydroxylation sites is 2. The summed E-state index contributed by atoms with van der Waals surface area (Å²) in [6, 6.07) is 61.3. The maximum atomic E-state index is 2.39. The third kappa shape index (κ3) is 4.24. The number of rotatable bonds is 5. The number of aromatic nitrogens is 1. The maximum Gasteiger partial charge on any atom is 0.0640 e. The van der Waals surface area contributed by atoms with Crippen LogP contribution in [0.2, 0.25) is 0 Å². The van der Waals surface area contributed by atoms with E-state index in [-0.39, 0.29) is 0 Å². The molecule has 212 valence electrons. The van der Waals surface area contributed by atoms with E-state index in [0.29, 0.717) is 0 Å². The Bertz CT molecular complexity index is 2470. The molecule has 2 nitrogen and oxygen atoms in total. The molecule has 0 radical (unpaired) electrons. The summed E-state index contributed by atoms with van der Waals surface area (Å²) in [6.45, 7) is 0. The van der Waals surface area contributed by atoms with E-state index in [4.69, 9.17) is 0 Å². The van der Waals surface area contributed by atoms with Gasteiger partial charge in [0.25, 0.3) is 0 Å². The zero-order chi connectivity index (χ0) is 29.7. The van der Waals surface area contributed by atoms with Crippen molar-refractivity contribution in [1.29, 1.82) is 0 Å². The van der Waals surface area contributed by atoms with E-state index in [1.54, 1.807) is 0 Å². The molecule has 3 heteroatoms. The number of nitrogens with zero attached hydrogens (tertiary/aromatic N) is 2. The van der Waals surface area contributed by atoms with Gasteiger partial charge in [0.1, 0.15) is 0 Å². The fourth-order valence-corrected chi connectivity index (χ4v) is 7.93. The predicted octanol–water partition coefficient (Wildman–Crippen LogP) is 12.3. The van der Waals surface area contributed by atoms with Crippen LogP contribution in [-0.4, -0.2) is 4.57 Å². The molecule has 0 saturated heterocycles. The van der Waals surface area contributed by atoms with E-state index in [2.05, 4.69) is 179 Å². The quantitative estimate of drug-likeness (QED) is 0.193. The van der Waals surface area contributed by atoms with Gasteiger partial charge in [-0.1, -0.05) is 103 Å². The highest BCUT2D eigenvalue weighted by atomic mass is 32.1. The summed E-state index contributed by atoms with van der Waals surface area (Å²) >= 11 is 1.86. The normalized spacial score (nSPS) is 11.6. The number of hydrogen-bond donors (Lipinski definition) is 0. The third-order valence-corrected chi connectivity index (χ3v) is 9.99. The summed E-state index contributed by atoms with van der Waals surface area (Å²) in [5.74, 6) is 0. The molecule has 0 bridgehead atoms. The molecule has 0 saturated carbocycles. The zero-order valence-corrected chi connectivity index (χ0v) is 25.3. The van der Waals surface area contributed by atoms with Gasteiger partial charge < -0.3 is 9.47 Å². The summed E-state index contributed by atoms with van der Waals surface area (Å²) in [5, 5.41) is 5.13. The highest BCUT2D eigenvalue weighted by Gasteiger charge is 2.19. The van der Waals surface area contributed by atoms with Crippen molar-refractivity contribution in [2.75, 3.05) is 4.90 Å². The molecule has 0 unspecified atom stereocenters. The van der Waals surface area contributed by atoms with Crippen LogP contribution in [0.15, 0.2) is 170 Å². The van der Waals surface area contributed by atoms with Gasteiger partial charge in [-0.15, -0.1) is 11.3 Å². The minimum atomic E-state index is 1.13. The lowest BCUT2D eigenvalue weighted by Gasteiger charge is -2.26. The molecule has 45 heavy (non-hydrogen) atoms. The first-order valence-corrected chi connectivity index (χ1v) is 16.1. The molecule has 0 aliphatic rings. The van der Waals surface area contributed by atoms with Crippen molar-refractivity contribution in [2.24, 2.45) is 0 Å². The molecule has 0 amide bonds. The Morgan fingerprint density at radius 3 is 1.89 bits per heavy atom. The van der Waals surface area contributed by atoms with Gasteiger partial charge in [0.15, 0.2) is 0 Å². The SMILES string of the molecule is c1ccc(-c2ccc3c(c2)c2ccccc2n3-c2ccc(N(c3ccccc3)c3cccc4c3sc3ccccc34)cc2)cc1. The van der Waals surface area contributed by atoms with Crippen molar-refractivity contribution in [3.8, 4) is 16.8 Å². The van der Waals surface area contributed by atoms with Crippen LogP contribution in [0.5, 0.6) is 0 Å². The summed E-state index contributed by atoms with van der Waals surface area (Å²) < 4.78 is 5.00. The van der Waals surface area contributed by atoms with Crippen molar-refractivity contribution in [1.82, 2.24) is 4.57 Å². The lowest BCUT2D eigenvalue weighted by molar-refractivity contribution is 1.17. The Morgan fingerprint density at radius 2 is 1.07 bits per heavy atom. The van der Waals surface area contributed by atoms with Gasteiger partial charge in [0.05, 0.1) is 21.4 Å². The summed E-state index contributed by atoms with van der Waals surface area (Å²) in [7, 11) is 0. The number of hydrogen-bond acceptors (Lipinski definition) is 2. The van der Waals surface area contributed by atoms with E-state index in [1.165, 1.54) is 58.8 Å². The molecule has 7 aromatic carbocycles. The van der Waals surface area contributed by atoms with E-state index in [9.17, 15) is 0 Å². The lowest BCUT2D eigenvalue weighted by atomic mass is 10.0. The van der Waals surface area contributed by atoms with Gasteiger partial charge in [-0.2, -0.15) is 0 Å². The second-order valence-corrected chi connectivity index (χ2v) is 12.4. The third-order valence-electron chi connectivity index (χ3n) is 8.78. The molecule has 0 aliphatic heterocycles. The van der Waals surface area contributed by atoms with Crippen molar-refractivity contribution in [3.63, 3.8) is 0 Å². The largest absolute Gasteiger partial charge is 0.309 e. The van der Waals surface area contributed by atoms with Crippen LogP contribution in [0.3, 0.4) is 0 Å². The molecule has 2 aromatic heterocycles. The fraction of sp³-hybridized carbons (Fsp3) is 0. The Morgan fingerprint density at radius 1 is 0.422 bits per heavy atom. The van der Waals surface area contributed by atoms with Crippen LogP contribution in [0.25, 0.3) is 58.8 Å². The molecule has 9 rings (SSSR count). The Balaban J connectivity index is 1.20. The molecular weight excluding hydrogens is 565 g/mol. The first kappa shape index (κ1) is 25.8. The summed E-state index contributed by atoms with van der Waals surface area (Å²) in [6.07, 6.45) is 0. The van der Waals surface area contributed by atoms with Gasteiger partial charge in [-0.3, -0.25) is 0 Å². The Hall–Kier alpha value is -5.64. The smallest absolute Gasteiger partial charge is 0.0640 e.